The molecule has 4 heteroatoms. The van der Waals surface area contributed by atoms with Crippen molar-refractivity contribution >= 4 is 23.0 Å². The fraction of sp³-hybridized carbons (Fsp3) is 0.571. The van der Waals surface area contributed by atoms with Crippen molar-refractivity contribution in [3.8, 4) is 0 Å². The van der Waals surface area contributed by atoms with Gasteiger partial charge in [0.15, 0.2) is 5.78 Å². The highest BCUT2D eigenvalue weighted by atomic mass is 32.1. The monoisotopic (exact) mass is 265 g/mol. The molecular formula is C14H19NO2S. The normalized spacial score (nSPS) is 16.8. The van der Waals surface area contributed by atoms with Crippen LogP contribution < -0.4 is 0 Å². The van der Waals surface area contributed by atoms with Crippen molar-refractivity contribution < 1.29 is 9.59 Å². The van der Waals surface area contributed by atoms with Crippen molar-refractivity contribution in [3.63, 3.8) is 0 Å². The molecule has 0 radical (unpaired) electrons. The number of rotatable bonds is 4. The van der Waals surface area contributed by atoms with E-state index in [4.69, 9.17) is 0 Å². The van der Waals surface area contributed by atoms with E-state index in [-0.39, 0.29) is 11.7 Å². The van der Waals surface area contributed by atoms with E-state index in [2.05, 4.69) is 6.92 Å². The summed E-state index contributed by atoms with van der Waals surface area (Å²) in [6, 6.07) is 3.69. The Labute approximate surface area is 112 Å². The summed E-state index contributed by atoms with van der Waals surface area (Å²) < 4.78 is 0. The number of ketones is 1. The summed E-state index contributed by atoms with van der Waals surface area (Å²) in [5.74, 6) is 0.942. The fourth-order valence-corrected chi connectivity index (χ4v) is 2.89. The van der Waals surface area contributed by atoms with Crippen LogP contribution in [0.1, 0.15) is 42.3 Å². The summed E-state index contributed by atoms with van der Waals surface area (Å²) in [6.07, 6.45) is 2.87. The average molecular weight is 265 g/mol. The van der Waals surface area contributed by atoms with Gasteiger partial charge in [0.05, 0.1) is 4.88 Å². The Morgan fingerprint density at radius 3 is 2.67 bits per heavy atom. The van der Waals surface area contributed by atoms with Crippen molar-refractivity contribution in [2.75, 3.05) is 13.1 Å². The topological polar surface area (TPSA) is 37.4 Å². The average Bonchev–Trinajstić information content (AvgIpc) is 2.90. The Balaban J connectivity index is 1.76. The smallest absolute Gasteiger partial charge is 0.223 e. The molecule has 0 atom stereocenters. The number of nitrogens with zero attached hydrogens (tertiary/aromatic N) is 1. The molecule has 2 heterocycles. The van der Waals surface area contributed by atoms with Crippen molar-refractivity contribution in [1.29, 1.82) is 0 Å². The molecule has 2 rings (SSSR count). The van der Waals surface area contributed by atoms with Crippen LogP contribution >= 0.6 is 11.3 Å². The number of carbonyl (C=O) groups is 2. The van der Waals surface area contributed by atoms with Gasteiger partial charge in [-0.1, -0.05) is 13.0 Å². The largest absolute Gasteiger partial charge is 0.343 e. The van der Waals surface area contributed by atoms with Crippen molar-refractivity contribution in [3.05, 3.63) is 22.4 Å². The molecule has 98 valence electrons. The van der Waals surface area contributed by atoms with Crippen molar-refractivity contribution in [1.82, 2.24) is 4.90 Å². The zero-order valence-corrected chi connectivity index (χ0v) is 11.5. The van der Waals surface area contributed by atoms with E-state index < -0.39 is 0 Å². The first-order valence-electron chi connectivity index (χ1n) is 6.51. The van der Waals surface area contributed by atoms with Crippen LogP contribution in [0, 0.1) is 5.92 Å². The van der Waals surface area contributed by atoms with Gasteiger partial charge in [0.2, 0.25) is 5.91 Å². The van der Waals surface area contributed by atoms with E-state index in [1.54, 1.807) is 0 Å². The summed E-state index contributed by atoms with van der Waals surface area (Å²) in [6.45, 7) is 3.93. The molecule has 1 aromatic heterocycles. The SMILES string of the molecule is CC1CCN(C(=O)CCC(=O)c2cccs2)CC1. The van der Waals surface area contributed by atoms with Gasteiger partial charge in [-0.2, -0.15) is 0 Å². The van der Waals surface area contributed by atoms with E-state index in [1.807, 2.05) is 22.4 Å². The zero-order valence-electron chi connectivity index (χ0n) is 10.7. The van der Waals surface area contributed by atoms with Gasteiger partial charge in [-0.25, -0.2) is 0 Å². The van der Waals surface area contributed by atoms with Gasteiger partial charge in [0.25, 0.3) is 0 Å². The molecule has 1 fully saturated rings. The van der Waals surface area contributed by atoms with Crippen LogP contribution in [0.4, 0.5) is 0 Å². The lowest BCUT2D eigenvalue weighted by Crippen LogP contribution is -2.37. The van der Waals surface area contributed by atoms with E-state index in [9.17, 15) is 9.59 Å². The van der Waals surface area contributed by atoms with E-state index in [0.29, 0.717) is 12.8 Å². The van der Waals surface area contributed by atoms with Gasteiger partial charge in [0, 0.05) is 25.9 Å². The Morgan fingerprint density at radius 1 is 1.33 bits per heavy atom. The third kappa shape index (κ3) is 3.42. The van der Waals surface area contributed by atoms with Crippen molar-refractivity contribution in [2.24, 2.45) is 5.92 Å². The molecule has 18 heavy (non-hydrogen) atoms. The summed E-state index contributed by atoms with van der Waals surface area (Å²) in [5.41, 5.74) is 0. The van der Waals surface area contributed by atoms with Crippen LogP contribution in [0.5, 0.6) is 0 Å². The quantitative estimate of drug-likeness (QED) is 0.785. The van der Waals surface area contributed by atoms with Crippen molar-refractivity contribution in [2.45, 2.75) is 32.6 Å². The maximum Gasteiger partial charge on any atom is 0.223 e. The Kier molecular flexibility index (Phi) is 4.53. The molecule has 1 aromatic rings. The van der Waals surface area contributed by atoms with Crippen LogP contribution in [-0.2, 0) is 4.79 Å². The van der Waals surface area contributed by atoms with E-state index >= 15 is 0 Å². The van der Waals surface area contributed by atoms with Gasteiger partial charge >= 0.3 is 0 Å². The van der Waals surface area contributed by atoms with Crippen LogP contribution in [0.2, 0.25) is 0 Å². The molecule has 0 aromatic carbocycles. The zero-order chi connectivity index (χ0) is 13.0. The molecule has 0 spiro atoms. The second-order valence-electron chi connectivity index (χ2n) is 4.96. The maximum absolute atomic E-state index is 12.0. The Hall–Kier alpha value is -1.16. The first-order chi connectivity index (χ1) is 8.66. The number of likely N-dealkylation sites (tertiary alicyclic amines) is 1. The predicted octanol–water partition coefficient (Wildman–Crippen LogP) is 2.97. The maximum atomic E-state index is 12.0. The highest BCUT2D eigenvalue weighted by molar-refractivity contribution is 7.12. The van der Waals surface area contributed by atoms with Gasteiger partial charge in [-0.05, 0) is 30.2 Å². The van der Waals surface area contributed by atoms with Gasteiger partial charge in [0.1, 0.15) is 0 Å². The number of amides is 1. The molecule has 1 saturated heterocycles. The molecule has 1 amide bonds. The third-order valence-electron chi connectivity index (χ3n) is 3.50. The number of carbonyl (C=O) groups excluding carboxylic acids is 2. The summed E-state index contributed by atoms with van der Waals surface area (Å²) in [4.78, 5) is 26.4. The molecule has 0 unspecified atom stereocenters. The third-order valence-corrected chi connectivity index (χ3v) is 4.41. The molecule has 1 aliphatic heterocycles. The first-order valence-corrected chi connectivity index (χ1v) is 7.39. The standard InChI is InChI=1S/C14H19NO2S/c1-11-6-8-15(9-7-11)14(17)5-4-12(16)13-3-2-10-18-13/h2-3,10-11H,4-9H2,1H3. The Morgan fingerprint density at radius 2 is 2.06 bits per heavy atom. The van der Waals surface area contributed by atoms with Gasteiger partial charge in [-0.3, -0.25) is 9.59 Å². The van der Waals surface area contributed by atoms with Crippen LogP contribution in [0.15, 0.2) is 17.5 Å². The molecule has 0 bridgehead atoms. The summed E-state index contributed by atoms with van der Waals surface area (Å²) in [5, 5.41) is 1.89. The molecule has 0 saturated carbocycles. The molecule has 0 aliphatic carbocycles. The number of Topliss-reactive ketones (excluding diaryl/α,β-unsaturated/α-hetero) is 1. The van der Waals surface area contributed by atoms with E-state index in [1.165, 1.54) is 11.3 Å². The predicted molar refractivity (Wildman–Crippen MR) is 72.9 cm³/mol. The molecule has 1 aliphatic rings. The molecule has 3 nitrogen and oxygen atoms in total. The molecule has 0 N–H and O–H groups in total. The van der Waals surface area contributed by atoms with Crippen LogP contribution in [-0.4, -0.2) is 29.7 Å². The minimum Gasteiger partial charge on any atom is -0.343 e. The van der Waals surface area contributed by atoms with Crippen LogP contribution in [0.25, 0.3) is 0 Å². The summed E-state index contributed by atoms with van der Waals surface area (Å²) >= 11 is 1.44. The second-order valence-corrected chi connectivity index (χ2v) is 5.91. The Bertz CT molecular complexity index is 405. The first kappa shape index (κ1) is 13.3. The molecular weight excluding hydrogens is 246 g/mol. The van der Waals surface area contributed by atoms with Crippen LogP contribution in [0.3, 0.4) is 0 Å². The van der Waals surface area contributed by atoms with Gasteiger partial charge < -0.3 is 4.90 Å². The highest BCUT2D eigenvalue weighted by Gasteiger charge is 2.20. The number of thiophene rings is 1. The lowest BCUT2D eigenvalue weighted by Gasteiger charge is -2.30. The minimum atomic E-state index is 0.0868. The summed E-state index contributed by atoms with van der Waals surface area (Å²) in [7, 11) is 0. The lowest BCUT2D eigenvalue weighted by molar-refractivity contribution is -0.132. The second kappa shape index (κ2) is 6.14. The van der Waals surface area contributed by atoms with E-state index in [0.717, 1.165) is 36.7 Å². The minimum absolute atomic E-state index is 0.0868. The lowest BCUT2D eigenvalue weighted by atomic mass is 9.99. The highest BCUT2D eigenvalue weighted by Crippen LogP contribution is 2.18. The number of hydrogen-bond acceptors (Lipinski definition) is 3. The van der Waals surface area contributed by atoms with Gasteiger partial charge in [-0.15, -0.1) is 11.3 Å². The number of hydrogen-bond donors (Lipinski definition) is 0. The fourth-order valence-electron chi connectivity index (χ4n) is 2.20. The number of piperidine rings is 1.